The molecule has 0 radical (unpaired) electrons. The molecular weight excluding hydrogens is 247 g/mol. The fourth-order valence-corrected chi connectivity index (χ4v) is 2.19. The molecule has 1 heterocycles. The lowest BCUT2D eigenvalue weighted by atomic mass is 10.0. The first-order chi connectivity index (χ1) is 7.66. The molecule has 0 amide bonds. The monoisotopic (exact) mass is 256 g/mol. The smallest absolute Gasteiger partial charge is 0.142 e. The van der Waals surface area contributed by atoms with Gasteiger partial charge in [0.25, 0.3) is 0 Å². The van der Waals surface area contributed by atoms with Crippen LogP contribution in [-0.2, 0) is 6.42 Å². The van der Waals surface area contributed by atoms with Crippen LogP contribution < -0.4 is 5.73 Å². The molecule has 84 valence electrons. The molecule has 0 spiro atoms. The molecule has 1 aromatic heterocycles. The van der Waals surface area contributed by atoms with Gasteiger partial charge >= 0.3 is 0 Å². The van der Waals surface area contributed by atoms with E-state index in [1.54, 1.807) is 29.1 Å². The maximum absolute atomic E-state index is 13.2. The first-order valence-corrected chi connectivity index (χ1v) is 6.00. The number of hydrogen-bond acceptors (Lipinski definition) is 3. The molecule has 0 bridgehead atoms. The van der Waals surface area contributed by atoms with E-state index in [2.05, 4.69) is 4.98 Å². The fraction of sp³-hybridized carbons (Fsp3) is 0.182. The van der Waals surface area contributed by atoms with Crippen molar-refractivity contribution in [3.63, 3.8) is 0 Å². The Kier molecular flexibility index (Phi) is 3.53. The molecule has 5 heteroatoms. The molecule has 0 fully saturated rings. The molecule has 16 heavy (non-hydrogen) atoms. The number of hydrogen-bond donors (Lipinski definition) is 1. The van der Waals surface area contributed by atoms with Gasteiger partial charge in [-0.05, 0) is 17.7 Å². The summed E-state index contributed by atoms with van der Waals surface area (Å²) in [6.45, 7) is 0. The Morgan fingerprint density at radius 1 is 1.50 bits per heavy atom. The largest absolute Gasteiger partial charge is 0.324 e. The molecule has 0 aliphatic heterocycles. The van der Waals surface area contributed by atoms with Crippen molar-refractivity contribution in [2.45, 2.75) is 12.5 Å². The van der Waals surface area contributed by atoms with E-state index < -0.39 is 5.82 Å². The molecule has 0 saturated heterocycles. The van der Waals surface area contributed by atoms with Crippen molar-refractivity contribution in [2.24, 2.45) is 5.73 Å². The summed E-state index contributed by atoms with van der Waals surface area (Å²) in [5.41, 5.74) is 8.47. The minimum Gasteiger partial charge on any atom is -0.324 e. The minimum absolute atomic E-state index is 0.119. The Bertz CT molecular complexity index is 473. The Morgan fingerprint density at radius 3 is 2.94 bits per heavy atom. The van der Waals surface area contributed by atoms with Crippen LogP contribution in [0.3, 0.4) is 0 Å². The van der Waals surface area contributed by atoms with Gasteiger partial charge in [0.1, 0.15) is 5.82 Å². The Hall–Kier alpha value is -0.970. The predicted molar refractivity (Wildman–Crippen MR) is 64.2 cm³/mol. The molecular formula is C11H10ClFN2S. The normalized spacial score (nSPS) is 12.7. The van der Waals surface area contributed by atoms with Gasteiger partial charge in [0, 0.05) is 23.5 Å². The van der Waals surface area contributed by atoms with Crippen LogP contribution in [0.2, 0.25) is 5.02 Å². The van der Waals surface area contributed by atoms with Crippen LogP contribution in [0.1, 0.15) is 16.5 Å². The molecule has 2 rings (SSSR count). The summed E-state index contributed by atoms with van der Waals surface area (Å²) in [5.74, 6) is -0.432. The molecule has 0 saturated carbocycles. The summed E-state index contributed by atoms with van der Waals surface area (Å²) in [6, 6.07) is 4.43. The highest BCUT2D eigenvalue weighted by molar-refractivity contribution is 7.09. The second-order valence-corrected chi connectivity index (χ2v) is 4.83. The zero-order valence-corrected chi connectivity index (χ0v) is 9.93. The highest BCUT2D eigenvalue weighted by Crippen LogP contribution is 2.22. The zero-order valence-electron chi connectivity index (χ0n) is 8.36. The predicted octanol–water partition coefficient (Wildman–Crippen LogP) is 3.18. The van der Waals surface area contributed by atoms with Crippen molar-refractivity contribution < 1.29 is 4.39 Å². The fourth-order valence-electron chi connectivity index (χ4n) is 1.42. The minimum atomic E-state index is -0.432. The number of rotatable bonds is 3. The van der Waals surface area contributed by atoms with E-state index in [-0.39, 0.29) is 11.1 Å². The van der Waals surface area contributed by atoms with Crippen LogP contribution in [0.5, 0.6) is 0 Å². The Balaban J connectivity index is 2.14. The van der Waals surface area contributed by atoms with Crippen LogP contribution in [-0.4, -0.2) is 4.98 Å². The summed E-state index contributed by atoms with van der Waals surface area (Å²) in [7, 11) is 0. The number of halogens is 2. The summed E-state index contributed by atoms with van der Waals surface area (Å²) in [4.78, 5) is 5.05. The molecule has 2 nitrogen and oxygen atoms in total. The number of aromatic nitrogens is 1. The van der Waals surface area contributed by atoms with Gasteiger partial charge < -0.3 is 5.73 Å². The zero-order chi connectivity index (χ0) is 11.5. The Morgan fingerprint density at radius 2 is 2.31 bits per heavy atom. The number of thiazole rings is 1. The molecule has 2 aromatic rings. The van der Waals surface area contributed by atoms with Gasteiger partial charge in [0.15, 0.2) is 0 Å². The average molecular weight is 257 g/mol. The van der Waals surface area contributed by atoms with Crippen LogP contribution in [0.4, 0.5) is 4.39 Å². The molecule has 2 N–H and O–H groups in total. The van der Waals surface area contributed by atoms with Crippen molar-refractivity contribution in [1.29, 1.82) is 0 Å². The third-order valence-corrected chi connectivity index (χ3v) is 3.38. The van der Waals surface area contributed by atoms with Crippen LogP contribution in [0, 0.1) is 5.82 Å². The van der Waals surface area contributed by atoms with Crippen molar-refractivity contribution in [3.8, 4) is 0 Å². The van der Waals surface area contributed by atoms with Crippen LogP contribution in [0.25, 0.3) is 0 Å². The quantitative estimate of drug-likeness (QED) is 0.916. The van der Waals surface area contributed by atoms with Gasteiger partial charge in [-0.3, -0.25) is 4.98 Å². The molecule has 1 unspecified atom stereocenters. The number of nitrogens with two attached hydrogens (primary N) is 1. The average Bonchev–Trinajstić information content (AvgIpc) is 2.74. The highest BCUT2D eigenvalue weighted by Gasteiger charge is 2.10. The molecule has 1 atom stereocenters. The summed E-state index contributed by atoms with van der Waals surface area (Å²) >= 11 is 7.15. The van der Waals surface area contributed by atoms with Gasteiger partial charge in [-0.1, -0.05) is 17.7 Å². The topological polar surface area (TPSA) is 38.9 Å². The van der Waals surface area contributed by atoms with E-state index in [0.29, 0.717) is 6.42 Å². The Labute approximate surface area is 102 Å². The number of nitrogens with zero attached hydrogens (tertiary/aromatic N) is 1. The maximum atomic E-state index is 13.2. The van der Waals surface area contributed by atoms with Crippen LogP contribution in [0.15, 0.2) is 29.9 Å². The molecule has 0 aliphatic rings. The lowest BCUT2D eigenvalue weighted by molar-refractivity contribution is 0.619. The third-order valence-electron chi connectivity index (χ3n) is 2.28. The highest BCUT2D eigenvalue weighted by atomic mass is 35.5. The second kappa shape index (κ2) is 4.91. The van der Waals surface area contributed by atoms with E-state index in [9.17, 15) is 4.39 Å². The van der Waals surface area contributed by atoms with Gasteiger partial charge in [-0.25, -0.2) is 4.39 Å². The standard InChI is InChI=1S/C11H10ClFN2S/c12-9-2-1-7(3-10(9)13)11(14)4-8-5-15-6-16-8/h1-3,5-6,11H,4,14H2. The summed E-state index contributed by atoms with van der Waals surface area (Å²) in [6.07, 6.45) is 2.43. The van der Waals surface area contributed by atoms with Gasteiger partial charge in [-0.2, -0.15) is 0 Å². The first-order valence-electron chi connectivity index (χ1n) is 4.74. The van der Waals surface area contributed by atoms with E-state index >= 15 is 0 Å². The van der Waals surface area contributed by atoms with Gasteiger partial charge in [-0.15, -0.1) is 11.3 Å². The van der Waals surface area contributed by atoms with Crippen molar-refractivity contribution >= 4 is 22.9 Å². The van der Waals surface area contributed by atoms with Crippen molar-refractivity contribution in [3.05, 3.63) is 51.2 Å². The van der Waals surface area contributed by atoms with Crippen LogP contribution >= 0.6 is 22.9 Å². The summed E-state index contributed by atoms with van der Waals surface area (Å²) < 4.78 is 13.2. The number of benzene rings is 1. The molecule has 0 aliphatic carbocycles. The van der Waals surface area contributed by atoms with Crippen molar-refractivity contribution in [2.75, 3.05) is 0 Å². The summed E-state index contributed by atoms with van der Waals surface area (Å²) in [5, 5.41) is 0.119. The van der Waals surface area contributed by atoms with E-state index in [1.165, 1.54) is 12.1 Å². The van der Waals surface area contributed by atoms with E-state index in [4.69, 9.17) is 17.3 Å². The third kappa shape index (κ3) is 2.58. The maximum Gasteiger partial charge on any atom is 0.142 e. The lowest BCUT2D eigenvalue weighted by Gasteiger charge is -2.10. The second-order valence-electron chi connectivity index (χ2n) is 3.45. The first kappa shape index (κ1) is 11.5. The van der Waals surface area contributed by atoms with Gasteiger partial charge in [0.05, 0.1) is 10.5 Å². The van der Waals surface area contributed by atoms with E-state index in [1.807, 2.05) is 0 Å². The SMILES string of the molecule is NC(Cc1cncs1)c1ccc(Cl)c(F)c1. The van der Waals surface area contributed by atoms with Crippen molar-refractivity contribution in [1.82, 2.24) is 4.98 Å². The molecule has 1 aromatic carbocycles. The van der Waals surface area contributed by atoms with Gasteiger partial charge in [0.2, 0.25) is 0 Å². The lowest BCUT2D eigenvalue weighted by Crippen LogP contribution is -2.12. The van der Waals surface area contributed by atoms with E-state index in [0.717, 1.165) is 10.4 Å².